The fourth-order valence-electron chi connectivity index (χ4n) is 2.93. The van der Waals surface area contributed by atoms with Gasteiger partial charge in [0.25, 0.3) is 0 Å². The molecule has 22 heavy (non-hydrogen) atoms. The van der Waals surface area contributed by atoms with Crippen molar-refractivity contribution in [1.82, 2.24) is 0 Å². The zero-order valence-electron chi connectivity index (χ0n) is 12.7. The Morgan fingerprint density at radius 1 is 1.27 bits per heavy atom. The Balaban J connectivity index is 2.03. The van der Waals surface area contributed by atoms with Crippen LogP contribution in [0.25, 0.3) is 0 Å². The molecule has 1 fully saturated rings. The quantitative estimate of drug-likeness (QED) is 0.768. The van der Waals surface area contributed by atoms with Crippen LogP contribution in [0.1, 0.15) is 43.6 Å². The van der Waals surface area contributed by atoms with Gasteiger partial charge >= 0.3 is 5.97 Å². The Bertz CT molecular complexity index is 602. The highest BCUT2D eigenvalue weighted by Gasteiger charge is 2.26. The van der Waals surface area contributed by atoms with Crippen molar-refractivity contribution in [1.29, 1.82) is 0 Å². The van der Waals surface area contributed by atoms with Gasteiger partial charge in [-0.2, -0.15) is 0 Å². The summed E-state index contributed by atoms with van der Waals surface area (Å²) in [5, 5.41) is 9.52. The summed E-state index contributed by atoms with van der Waals surface area (Å²) in [5.41, 5.74) is 0.808. The van der Waals surface area contributed by atoms with E-state index in [4.69, 9.17) is 0 Å². The smallest absolute Gasteiger partial charge is 0.310 e. The van der Waals surface area contributed by atoms with Gasteiger partial charge in [0.05, 0.1) is 5.92 Å². The minimum atomic E-state index is -3.01. The summed E-state index contributed by atoms with van der Waals surface area (Å²) in [6.45, 7) is 0. The maximum atomic E-state index is 11.5. The van der Waals surface area contributed by atoms with Gasteiger partial charge < -0.3 is 5.11 Å². The highest BCUT2D eigenvalue weighted by molar-refractivity contribution is 8.12. The molecule has 1 aromatic rings. The van der Waals surface area contributed by atoms with E-state index in [0.717, 1.165) is 23.3 Å². The van der Waals surface area contributed by atoms with E-state index in [1.54, 1.807) is 0 Å². The van der Waals surface area contributed by atoms with Gasteiger partial charge in [-0.05, 0) is 30.0 Å². The van der Waals surface area contributed by atoms with Crippen LogP contribution in [0.15, 0.2) is 29.2 Å². The van der Waals surface area contributed by atoms with Crippen molar-refractivity contribution in [2.24, 2.45) is 5.92 Å². The number of benzene rings is 1. The molecule has 0 spiro atoms. The molecule has 1 aromatic carbocycles. The number of aliphatic carboxylic acids is 1. The molecule has 0 heterocycles. The van der Waals surface area contributed by atoms with Crippen LogP contribution in [0.2, 0.25) is 0 Å². The van der Waals surface area contributed by atoms with Gasteiger partial charge in [-0.25, -0.2) is 8.42 Å². The van der Waals surface area contributed by atoms with Gasteiger partial charge in [0.1, 0.15) is 5.08 Å². The Hall–Kier alpha value is -1.01. The summed E-state index contributed by atoms with van der Waals surface area (Å²) < 4.78 is 22.3. The standard InChI is InChI=1S/C16H22O4S2/c1-22(19,20)11-21-14-8-6-13(7-9-14)15(16(17)18)10-12-4-2-3-5-12/h6-9,12,15H,2-5,10-11H2,1H3,(H,17,18). The predicted molar refractivity (Wildman–Crippen MR) is 89.0 cm³/mol. The molecule has 1 N–H and O–H groups in total. The molecule has 4 nitrogen and oxygen atoms in total. The van der Waals surface area contributed by atoms with Crippen molar-refractivity contribution in [3.05, 3.63) is 29.8 Å². The number of thioether (sulfide) groups is 1. The molecule has 0 aliphatic heterocycles. The number of sulfone groups is 1. The lowest BCUT2D eigenvalue weighted by Crippen LogP contribution is -2.15. The first-order chi connectivity index (χ1) is 10.3. The first-order valence-corrected chi connectivity index (χ1v) is 10.5. The zero-order chi connectivity index (χ0) is 16.2. The van der Waals surface area contributed by atoms with Gasteiger partial charge in [-0.15, -0.1) is 11.8 Å². The van der Waals surface area contributed by atoms with E-state index in [9.17, 15) is 18.3 Å². The Morgan fingerprint density at radius 2 is 1.86 bits per heavy atom. The summed E-state index contributed by atoms with van der Waals surface area (Å²) in [6, 6.07) is 7.27. The molecule has 1 saturated carbocycles. The fraction of sp³-hybridized carbons (Fsp3) is 0.562. The van der Waals surface area contributed by atoms with Crippen LogP contribution >= 0.6 is 11.8 Å². The molecule has 1 aliphatic rings. The molecular weight excluding hydrogens is 320 g/mol. The largest absolute Gasteiger partial charge is 0.481 e. The molecule has 0 aromatic heterocycles. The molecule has 0 radical (unpaired) electrons. The lowest BCUT2D eigenvalue weighted by atomic mass is 9.88. The Kier molecular flexibility index (Phi) is 5.92. The highest BCUT2D eigenvalue weighted by atomic mass is 32.3. The summed E-state index contributed by atoms with van der Waals surface area (Å²) in [4.78, 5) is 12.4. The van der Waals surface area contributed by atoms with Crippen molar-refractivity contribution in [3.63, 3.8) is 0 Å². The molecule has 1 atom stereocenters. The third-order valence-electron chi connectivity index (χ3n) is 4.06. The SMILES string of the molecule is CS(=O)(=O)CSc1ccc(C(CC2CCCC2)C(=O)O)cc1. The second-order valence-electron chi connectivity index (χ2n) is 6.03. The molecular formula is C16H22O4S2. The topological polar surface area (TPSA) is 71.4 Å². The number of rotatable bonds is 7. The summed E-state index contributed by atoms with van der Waals surface area (Å²) in [7, 11) is -3.01. The number of carboxylic acid groups (broad SMARTS) is 1. The number of carboxylic acids is 1. The van der Waals surface area contributed by atoms with Crippen LogP contribution in [-0.4, -0.2) is 30.8 Å². The first kappa shape index (κ1) is 17.3. The number of carbonyl (C=O) groups is 1. The van der Waals surface area contributed by atoms with Crippen LogP contribution < -0.4 is 0 Å². The summed E-state index contributed by atoms with van der Waals surface area (Å²) in [5.74, 6) is -0.721. The Morgan fingerprint density at radius 3 is 2.36 bits per heavy atom. The molecule has 1 unspecified atom stereocenters. The van der Waals surface area contributed by atoms with Gasteiger partial charge in [0.15, 0.2) is 9.84 Å². The van der Waals surface area contributed by atoms with E-state index in [1.165, 1.54) is 30.9 Å². The van der Waals surface area contributed by atoms with E-state index in [2.05, 4.69) is 0 Å². The second-order valence-corrected chi connectivity index (χ2v) is 9.59. The van der Waals surface area contributed by atoms with E-state index in [-0.39, 0.29) is 5.08 Å². The monoisotopic (exact) mass is 342 g/mol. The van der Waals surface area contributed by atoms with Crippen LogP contribution in [0.5, 0.6) is 0 Å². The fourth-order valence-corrected chi connectivity index (χ4v) is 4.66. The molecule has 0 amide bonds. The van der Waals surface area contributed by atoms with Crippen LogP contribution in [0, 0.1) is 5.92 Å². The normalized spacial score (nSPS) is 17.5. The number of hydrogen-bond acceptors (Lipinski definition) is 4. The maximum absolute atomic E-state index is 11.5. The molecule has 122 valence electrons. The average Bonchev–Trinajstić information content (AvgIpc) is 2.95. The minimum absolute atomic E-state index is 0.0385. The summed E-state index contributed by atoms with van der Waals surface area (Å²) >= 11 is 1.25. The van der Waals surface area contributed by atoms with Crippen LogP contribution in [0.3, 0.4) is 0 Å². The van der Waals surface area contributed by atoms with Gasteiger partial charge in [0.2, 0.25) is 0 Å². The van der Waals surface area contributed by atoms with Crippen molar-refractivity contribution in [3.8, 4) is 0 Å². The number of hydrogen-bond donors (Lipinski definition) is 1. The highest BCUT2D eigenvalue weighted by Crippen LogP contribution is 2.34. The first-order valence-electron chi connectivity index (χ1n) is 7.48. The van der Waals surface area contributed by atoms with Crippen molar-refractivity contribution in [2.75, 3.05) is 11.3 Å². The second kappa shape index (κ2) is 7.51. The van der Waals surface area contributed by atoms with Crippen LogP contribution in [-0.2, 0) is 14.6 Å². The molecule has 1 aliphatic carbocycles. The van der Waals surface area contributed by atoms with E-state index in [1.807, 2.05) is 24.3 Å². The van der Waals surface area contributed by atoms with E-state index >= 15 is 0 Å². The van der Waals surface area contributed by atoms with Crippen molar-refractivity contribution < 1.29 is 18.3 Å². The van der Waals surface area contributed by atoms with E-state index < -0.39 is 21.7 Å². The molecule has 6 heteroatoms. The van der Waals surface area contributed by atoms with Crippen LogP contribution in [0.4, 0.5) is 0 Å². The summed E-state index contributed by atoms with van der Waals surface area (Å²) in [6.07, 6.45) is 6.58. The van der Waals surface area contributed by atoms with Gasteiger partial charge in [-0.3, -0.25) is 4.79 Å². The van der Waals surface area contributed by atoms with E-state index in [0.29, 0.717) is 12.3 Å². The molecule has 0 saturated heterocycles. The third kappa shape index (κ3) is 5.32. The minimum Gasteiger partial charge on any atom is -0.481 e. The van der Waals surface area contributed by atoms with Crippen molar-refractivity contribution >= 4 is 27.6 Å². The molecule has 2 rings (SSSR count). The lowest BCUT2D eigenvalue weighted by molar-refractivity contribution is -0.139. The predicted octanol–water partition coefficient (Wildman–Crippen LogP) is 3.53. The van der Waals surface area contributed by atoms with Gasteiger partial charge in [-0.1, -0.05) is 37.8 Å². The zero-order valence-corrected chi connectivity index (χ0v) is 14.3. The van der Waals surface area contributed by atoms with Crippen molar-refractivity contribution in [2.45, 2.75) is 42.9 Å². The lowest BCUT2D eigenvalue weighted by Gasteiger charge is -2.17. The third-order valence-corrected chi connectivity index (χ3v) is 6.85. The average molecular weight is 342 g/mol. The maximum Gasteiger partial charge on any atom is 0.310 e. The van der Waals surface area contributed by atoms with Gasteiger partial charge in [0, 0.05) is 11.2 Å². The Labute approximate surface area is 136 Å². The molecule has 0 bridgehead atoms.